The summed E-state index contributed by atoms with van der Waals surface area (Å²) in [7, 11) is 0. The van der Waals surface area contributed by atoms with Crippen LogP contribution in [-0.2, 0) is 0 Å². The summed E-state index contributed by atoms with van der Waals surface area (Å²) in [5.74, 6) is 10.8. The van der Waals surface area contributed by atoms with E-state index >= 15 is 0 Å². The molecule has 0 amide bonds. The third-order valence-electron chi connectivity index (χ3n) is 27.5. The van der Waals surface area contributed by atoms with Gasteiger partial charge in [-0.2, -0.15) is 0 Å². The van der Waals surface area contributed by atoms with Gasteiger partial charge < -0.3 is 0 Å². The van der Waals surface area contributed by atoms with Crippen molar-refractivity contribution >= 4 is 0 Å². The van der Waals surface area contributed by atoms with Gasteiger partial charge in [0.1, 0.15) is 0 Å². The summed E-state index contributed by atoms with van der Waals surface area (Å²) in [4.78, 5) is 0. The molecule has 0 aromatic carbocycles. The Morgan fingerprint density at radius 3 is 1.01 bits per heavy atom. The minimum atomic E-state index is 0.161. The molecular weight excluding hydrogens is 1140 g/mol. The second kappa shape index (κ2) is 59.4. The monoisotopic (exact) mass is 1330 g/mol. The molecule has 0 heterocycles. The van der Waals surface area contributed by atoms with Gasteiger partial charge in [0.05, 0.1) is 0 Å². The average Bonchev–Trinajstić information content (AvgIpc) is 0.677. The molecule has 1 radical (unpaired) electrons. The molecule has 0 heteroatoms. The lowest BCUT2D eigenvalue weighted by Gasteiger charge is -2.74. The van der Waals surface area contributed by atoms with Crippen LogP contribution in [0.5, 0.6) is 0 Å². The number of hydrogen-bond acceptors (Lipinski definition) is 0. The smallest absolute Gasteiger partial charge is 0.0145 e. The van der Waals surface area contributed by atoms with Crippen molar-refractivity contribution in [1.29, 1.82) is 0 Å². The first kappa shape index (κ1) is 95.0. The van der Waals surface area contributed by atoms with Crippen LogP contribution in [-0.4, -0.2) is 0 Å². The minimum Gasteiger partial charge on any atom is -0.0654 e. The van der Waals surface area contributed by atoms with Gasteiger partial charge in [0, 0.05) is 0 Å². The lowest BCUT2D eigenvalue weighted by atomic mass is 9.30. The van der Waals surface area contributed by atoms with Gasteiger partial charge in [0.25, 0.3) is 0 Å². The van der Waals surface area contributed by atoms with Crippen molar-refractivity contribution in [1.82, 2.24) is 0 Å². The Kier molecular flexibility index (Phi) is 59.4. The topological polar surface area (TPSA) is 0 Å². The zero-order valence-electron chi connectivity index (χ0n) is 71.2. The summed E-state index contributed by atoms with van der Waals surface area (Å²) >= 11 is 0. The lowest BCUT2D eigenvalue weighted by molar-refractivity contribution is -0.243. The molecule has 95 heavy (non-hydrogen) atoms. The van der Waals surface area contributed by atoms with E-state index in [0.29, 0.717) is 5.92 Å². The average molecular weight is 1330 g/mol. The predicted octanol–water partition coefficient (Wildman–Crippen LogP) is 35.0. The van der Waals surface area contributed by atoms with E-state index in [1.54, 1.807) is 6.42 Å². The van der Waals surface area contributed by atoms with Gasteiger partial charge in [0.15, 0.2) is 0 Å². The van der Waals surface area contributed by atoms with Crippen molar-refractivity contribution in [2.75, 3.05) is 0 Å². The highest BCUT2D eigenvalue weighted by Gasteiger charge is 2.72. The molecule has 13 unspecified atom stereocenters. The quantitative estimate of drug-likeness (QED) is 0.0533. The van der Waals surface area contributed by atoms with Crippen molar-refractivity contribution in [2.45, 2.75) is 518 Å². The van der Waals surface area contributed by atoms with Gasteiger partial charge in [-0.3, -0.25) is 0 Å². The van der Waals surface area contributed by atoms with Crippen LogP contribution in [0.3, 0.4) is 0 Å². The highest BCUT2D eigenvalue weighted by molar-refractivity contribution is 5.26. The zero-order chi connectivity index (χ0) is 71.2. The molecule has 13 atom stereocenters. The van der Waals surface area contributed by atoms with E-state index in [1.807, 2.05) is 0 Å². The molecule has 0 saturated carbocycles. The molecule has 0 aromatic rings. The summed E-state index contributed by atoms with van der Waals surface area (Å²) in [5, 5.41) is 0. The Hall–Kier alpha value is 0. The van der Waals surface area contributed by atoms with Crippen LogP contribution in [0.2, 0.25) is 0 Å². The van der Waals surface area contributed by atoms with Crippen LogP contribution in [0.4, 0.5) is 0 Å². The van der Waals surface area contributed by atoms with E-state index in [-0.39, 0.29) is 21.7 Å². The first-order valence-electron chi connectivity index (χ1n) is 45.9. The van der Waals surface area contributed by atoms with Crippen LogP contribution < -0.4 is 0 Å². The molecule has 0 spiro atoms. The maximum atomic E-state index is 3.14. The maximum absolute atomic E-state index is 3.14. The Morgan fingerprint density at radius 1 is 0.242 bits per heavy atom. The van der Waals surface area contributed by atoms with Crippen LogP contribution >= 0.6 is 0 Å². The molecule has 0 aliphatic rings. The van der Waals surface area contributed by atoms with E-state index < -0.39 is 0 Å². The van der Waals surface area contributed by atoms with Gasteiger partial charge in [0.2, 0.25) is 0 Å². The first-order valence-corrected chi connectivity index (χ1v) is 45.9. The Labute approximate surface area is 607 Å². The van der Waals surface area contributed by atoms with Crippen LogP contribution in [0.15, 0.2) is 0 Å². The van der Waals surface area contributed by atoms with Crippen molar-refractivity contribution in [3.05, 3.63) is 5.92 Å². The minimum absolute atomic E-state index is 0.161. The van der Waals surface area contributed by atoms with Crippen LogP contribution in [0.1, 0.15) is 518 Å². The molecule has 0 aliphatic heterocycles. The van der Waals surface area contributed by atoms with Gasteiger partial charge in [-0.15, -0.1) is 0 Å². The Bertz CT molecular complexity index is 1600. The fourth-order valence-electron chi connectivity index (χ4n) is 22.5. The second-order valence-electron chi connectivity index (χ2n) is 34.8. The molecule has 0 N–H and O–H groups in total. The van der Waals surface area contributed by atoms with E-state index in [0.717, 1.165) is 59.2 Å². The van der Waals surface area contributed by atoms with Crippen molar-refractivity contribution in [2.24, 2.45) is 86.8 Å². The molecular formula is C95H191. The largest absolute Gasteiger partial charge is 0.0654 e. The summed E-state index contributed by atoms with van der Waals surface area (Å²) in [6, 6.07) is 0. The summed E-state index contributed by atoms with van der Waals surface area (Å²) in [6.07, 6.45) is 80.9. The second-order valence-corrected chi connectivity index (χ2v) is 34.8. The number of rotatable bonds is 72. The SMILES string of the molecule is CCCCCC(CCC)C[C](CC(CC)CCC)C(CCC)(C(CCC)CCC)C(CCCC(C)CC)(CC(CCC)CCCCC)C(CCC(CC)CC)(CC(CCC)CCCCC)C(CC(CC)CCC)(CC(CCC)CCCCC)C(C)CC(CCC)CCCCC. The van der Waals surface area contributed by atoms with Gasteiger partial charge in [-0.05, 0) is 163 Å². The van der Waals surface area contributed by atoms with Crippen molar-refractivity contribution in [3.63, 3.8) is 0 Å². The number of unbranched alkanes of at least 4 members (excludes halogenated alkanes) is 10. The van der Waals surface area contributed by atoms with E-state index in [2.05, 4.69) is 158 Å². The molecule has 0 bridgehead atoms. The summed E-state index contributed by atoms with van der Waals surface area (Å²) in [6.45, 7) is 58.4. The Morgan fingerprint density at radius 2 is 0.600 bits per heavy atom. The Balaban J connectivity index is 12.5. The standard InChI is InChI=1S/C95H191/c1-23-43-48-64-85(56-30-8)73-81(22)92(76-84(42-20)55-29-7,77-87(58-32-10)66-50-45-25-3)93(72-69-82(39-17)40-18,78-88(59-33-11)67-51-46-26-4)94(71-53-63-80(21)38-16,79-89(60-34-12)68-52-47-27-5)95(70-37-15,90(61-35-13)62-36-14)91(74-83(41-19)54-28-6)75-86(57-31-9)65-49-44-24-2/h80-90H,23-79H2,1-22H3. The predicted molar refractivity (Wildman–Crippen MR) is 439 cm³/mol. The van der Waals surface area contributed by atoms with E-state index in [4.69, 9.17) is 0 Å². The highest BCUT2D eigenvalue weighted by atomic mass is 14.8. The van der Waals surface area contributed by atoms with Gasteiger partial charge >= 0.3 is 0 Å². The van der Waals surface area contributed by atoms with Crippen molar-refractivity contribution in [3.8, 4) is 0 Å². The van der Waals surface area contributed by atoms with Crippen LogP contribution in [0.25, 0.3) is 0 Å². The van der Waals surface area contributed by atoms with Crippen LogP contribution in [0, 0.1) is 92.7 Å². The van der Waals surface area contributed by atoms with Gasteiger partial charge in [-0.1, -0.05) is 448 Å². The summed E-state index contributed by atoms with van der Waals surface area (Å²) < 4.78 is 0. The first-order chi connectivity index (χ1) is 46.0. The number of hydrogen-bond donors (Lipinski definition) is 0. The van der Waals surface area contributed by atoms with E-state index in [1.165, 1.54) is 360 Å². The third kappa shape index (κ3) is 32.7. The molecule has 0 nitrogen and oxygen atoms in total. The normalized spacial score (nSPS) is 17.9. The van der Waals surface area contributed by atoms with E-state index in [9.17, 15) is 0 Å². The zero-order valence-corrected chi connectivity index (χ0v) is 71.2. The molecule has 571 valence electrons. The highest BCUT2D eigenvalue weighted by Crippen LogP contribution is 2.79. The summed E-state index contributed by atoms with van der Waals surface area (Å²) in [5.41, 5.74) is 0.716. The third-order valence-corrected chi connectivity index (χ3v) is 27.5. The molecule has 0 saturated heterocycles. The lowest BCUT2D eigenvalue weighted by Crippen LogP contribution is -2.67. The molecule has 0 aromatic heterocycles. The maximum Gasteiger partial charge on any atom is -0.0145 e. The fraction of sp³-hybridized carbons (Fsp3) is 0.989. The molecule has 0 rings (SSSR count). The van der Waals surface area contributed by atoms with Crippen molar-refractivity contribution < 1.29 is 0 Å². The fourth-order valence-corrected chi connectivity index (χ4v) is 22.5. The van der Waals surface area contributed by atoms with Gasteiger partial charge in [-0.25, -0.2) is 0 Å². The molecule has 0 fully saturated rings. The molecule has 0 aliphatic carbocycles.